The molecule has 1 aliphatic carbocycles. The van der Waals surface area contributed by atoms with E-state index in [2.05, 4.69) is 10.6 Å². The molecular weight excluding hydrogens is 180 g/mol. The predicted molar refractivity (Wildman–Crippen MR) is 55.1 cm³/mol. The zero-order valence-corrected chi connectivity index (χ0v) is 8.59. The molecule has 14 heavy (non-hydrogen) atoms. The molecule has 1 fully saturated rings. The topological polar surface area (TPSA) is 61.4 Å². The first kappa shape index (κ1) is 11.3. The highest BCUT2D eigenvalue weighted by atomic mass is 16.3. The van der Waals surface area contributed by atoms with Crippen LogP contribution in [0.5, 0.6) is 0 Å². The Labute approximate surface area is 85.1 Å². The van der Waals surface area contributed by atoms with Crippen molar-refractivity contribution in [3.8, 4) is 0 Å². The van der Waals surface area contributed by atoms with Crippen LogP contribution in [0.25, 0.3) is 0 Å². The molecule has 0 spiro atoms. The van der Waals surface area contributed by atoms with Crippen molar-refractivity contribution in [3.63, 3.8) is 0 Å². The van der Waals surface area contributed by atoms with Crippen molar-refractivity contribution >= 4 is 6.03 Å². The van der Waals surface area contributed by atoms with Gasteiger partial charge in [0.05, 0.1) is 0 Å². The molecule has 4 nitrogen and oxygen atoms in total. The largest absolute Gasteiger partial charge is 0.396 e. The average Bonchev–Trinajstić information content (AvgIpc) is 2.68. The number of aliphatic hydroxyl groups is 1. The Morgan fingerprint density at radius 1 is 1.29 bits per heavy atom. The zero-order valence-electron chi connectivity index (χ0n) is 8.59. The van der Waals surface area contributed by atoms with E-state index in [1.54, 1.807) is 0 Å². The maximum Gasteiger partial charge on any atom is 0.314 e. The highest BCUT2D eigenvalue weighted by Crippen LogP contribution is 2.23. The van der Waals surface area contributed by atoms with Gasteiger partial charge in [-0.3, -0.25) is 0 Å². The van der Waals surface area contributed by atoms with Crippen LogP contribution in [0.2, 0.25) is 0 Å². The molecule has 0 unspecified atom stereocenters. The molecule has 0 aliphatic heterocycles. The first-order valence-corrected chi connectivity index (χ1v) is 5.45. The molecule has 0 aromatic carbocycles. The van der Waals surface area contributed by atoms with Crippen molar-refractivity contribution in [3.05, 3.63) is 0 Å². The summed E-state index contributed by atoms with van der Waals surface area (Å²) in [5.41, 5.74) is 0. The second kappa shape index (κ2) is 6.65. The second-order valence-corrected chi connectivity index (χ2v) is 3.86. The fourth-order valence-electron chi connectivity index (χ4n) is 1.79. The summed E-state index contributed by atoms with van der Waals surface area (Å²) in [6.07, 6.45) is 5.72. The van der Waals surface area contributed by atoms with Gasteiger partial charge in [0, 0.05) is 19.7 Å². The summed E-state index contributed by atoms with van der Waals surface area (Å²) in [4.78, 5) is 11.2. The van der Waals surface area contributed by atoms with E-state index in [9.17, 15) is 4.79 Å². The standard InChI is InChI=1S/C10H20N2O2/c13-7-3-6-11-10(14)12-8-9-4-1-2-5-9/h9,13H,1-8H2,(H2,11,12,14). The van der Waals surface area contributed by atoms with Gasteiger partial charge in [0.25, 0.3) is 0 Å². The van der Waals surface area contributed by atoms with E-state index < -0.39 is 0 Å². The Kier molecular flexibility index (Phi) is 5.37. The van der Waals surface area contributed by atoms with Crippen molar-refractivity contribution in [2.75, 3.05) is 19.7 Å². The van der Waals surface area contributed by atoms with E-state index in [1.165, 1.54) is 25.7 Å². The number of amides is 2. The van der Waals surface area contributed by atoms with Crippen molar-refractivity contribution in [1.82, 2.24) is 10.6 Å². The molecule has 4 heteroatoms. The lowest BCUT2D eigenvalue weighted by Crippen LogP contribution is -2.38. The van der Waals surface area contributed by atoms with E-state index in [0.717, 1.165) is 6.54 Å². The molecule has 2 amide bonds. The Morgan fingerprint density at radius 2 is 2.00 bits per heavy atom. The van der Waals surface area contributed by atoms with E-state index in [0.29, 0.717) is 18.9 Å². The monoisotopic (exact) mass is 200 g/mol. The summed E-state index contributed by atoms with van der Waals surface area (Å²) >= 11 is 0. The van der Waals surface area contributed by atoms with Gasteiger partial charge in [-0.25, -0.2) is 4.79 Å². The quantitative estimate of drug-likeness (QED) is 0.576. The van der Waals surface area contributed by atoms with Crippen molar-refractivity contribution < 1.29 is 9.90 Å². The smallest absolute Gasteiger partial charge is 0.314 e. The third-order valence-corrected chi connectivity index (χ3v) is 2.65. The minimum absolute atomic E-state index is 0.106. The first-order valence-electron chi connectivity index (χ1n) is 5.45. The molecule has 82 valence electrons. The van der Waals surface area contributed by atoms with Gasteiger partial charge in [-0.15, -0.1) is 0 Å². The van der Waals surface area contributed by atoms with E-state index in [1.807, 2.05) is 0 Å². The molecule has 0 atom stereocenters. The highest BCUT2D eigenvalue weighted by Gasteiger charge is 2.15. The number of carbonyl (C=O) groups excluding carboxylic acids is 1. The number of hydrogen-bond acceptors (Lipinski definition) is 2. The van der Waals surface area contributed by atoms with Gasteiger partial charge in [-0.05, 0) is 25.2 Å². The van der Waals surface area contributed by atoms with Crippen molar-refractivity contribution in [2.45, 2.75) is 32.1 Å². The van der Waals surface area contributed by atoms with E-state index in [4.69, 9.17) is 5.11 Å². The normalized spacial score (nSPS) is 16.9. The second-order valence-electron chi connectivity index (χ2n) is 3.86. The van der Waals surface area contributed by atoms with Gasteiger partial charge < -0.3 is 15.7 Å². The molecule has 0 radical (unpaired) electrons. The minimum atomic E-state index is -0.106. The van der Waals surface area contributed by atoms with Crippen LogP contribution in [-0.4, -0.2) is 30.8 Å². The third kappa shape index (κ3) is 4.46. The SMILES string of the molecule is O=C(NCCCO)NCC1CCCC1. The summed E-state index contributed by atoms with van der Waals surface area (Å²) in [6.45, 7) is 1.47. The van der Waals surface area contributed by atoms with Crippen molar-refractivity contribution in [1.29, 1.82) is 0 Å². The maximum atomic E-state index is 11.2. The lowest BCUT2D eigenvalue weighted by Gasteiger charge is -2.11. The molecule has 1 aliphatic rings. The fourth-order valence-corrected chi connectivity index (χ4v) is 1.79. The highest BCUT2D eigenvalue weighted by molar-refractivity contribution is 5.73. The van der Waals surface area contributed by atoms with Crippen LogP contribution in [0.1, 0.15) is 32.1 Å². The van der Waals surface area contributed by atoms with Gasteiger partial charge in [-0.2, -0.15) is 0 Å². The molecule has 0 aromatic heterocycles. The number of rotatable bonds is 5. The van der Waals surface area contributed by atoms with Crippen LogP contribution in [-0.2, 0) is 0 Å². The van der Waals surface area contributed by atoms with E-state index >= 15 is 0 Å². The summed E-state index contributed by atoms with van der Waals surface area (Å²) in [5, 5.41) is 14.1. The lowest BCUT2D eigenvalue weighted by molar-refractivity contribution is 0.236. The zero-order chi connectivity index (χ0) is 10.2. The van der Waals surface area contributed by atoms with Crippen LogP contribution < -0.4 is 10.6 Å². The number of urea groups is 1. The predicted octanol–water partition coefficient (Wildman–Crippen LogP) is 0.858. The van der Waals surface area contributed by atoms with Crippen LogP contribution >= 0.6 is 0 Å². The third-order valence-electron chi connectivity index (χ3n) is 2.65. The molecule has 1 saturated carbocycles. The Hall–Kier alpha value is -0.770. The Balaban J connectivity index is 1.96. The number of nitrogens with one attached hydrogen (secondary N) is 2. The molecule has 0 heterocycles. The van der Waals surface area contributed by atoms with Crippen molar-refractivity contribution in [2.24, 2.45) is 5.92 Å². The molecule has 0 saturated heterocycles. The Morgan fingerprint density at radius 3 is 2.64 bits per heavy atom. The van der Waals surface area contributed by atoms with Gasteiger partial charge in [0.2, 0.25) is 0 Å². The summed E-state index contributed by atoms with van der Waals surface area (Å²) < 4.78 is 0. The average molecular weight is 200 g/mol. The molecule has 0 aromatic rings. The number of aliphatic hydroxyl groups excluding tert-OH is 1. The van der Waals surface area contributed by atoms with Gasteiger partial charge >= 0.3 is 6.03 Å². The molecule has 1 rings (SSSR count). The lowest BCUT2D eigenvalue weighted by atomic mass is 10.1. The van der Waals surface area contributed by atoms with Gasteiger partial charge in [-0.1, -0.05) is 12.8 Å². The minimum Gasteiger partial charge on any atom is -0.396 e. The van der Waals surface area contributed by atoms with Gasteiger partial charge in [0.15, 0.2) is 0 Å². The molecule has 3 N–H and O–H groups in total. The van der Waals surface area contributed by atoms with Crippen LogP contribution in [0.3, 0.4) is 0 Å². The molecule has 0 bridgehead atoms. The number of carbonyl (C=O) groups is 1. The molecular formula is C10H20N2O2. The number of hydrogen-bond donors (Lipinski definition) is 3. The van der Waals surface area contributed by atoms with Gasteiger partial charge in [0.1, 0.15) is 0 Å². The first-order chi connectivity index (χ1) is 6.83. The summed E-state index contributed by atoms with van der Waals surface area (Å²) in [6, 6.07) is -0.106. The van der Waals surface area contributed by atoms with Crippen LogP contribution in [0.15, 0.2) is 0 Å². The summed E-state index contributed by atoms with van der Waals surface area (Å²) in [5.74, 6) is 0.679. The van der Waals surface area contributed by atoms with Crippen LogP contribution in [0.4, 0.5) is 4.79 Å². The fraction of sp³-hybridized carbons (Fsp3) is 0.900. The summed E-state index contributed by atoms with van der Waals surface area (Å²) in [7, 11) is 0. The van der Waals surface area contributed by atoms with Crippen LogP contribution in [0, 0.1) is 5.92 Å². The maximum absolute atomic E-state index is 11.2. The Bertz CT molecular complexity index is 168. The van der Waals surface area contributed by atoms with E-state index in [-0.39, 0.29) is 12.6 Å².